The first-order valence-corrected chi connectivity index (χ1v) is 5.51. The van der Waals surface area contributed by atoms with Crippen LogP contribution in [0.3, 0.4) is 0 Å². The summed E-state index contributed by atoms with van der Waals surface area (Å²) < 4.78 is 5.51. The lowest BCUT2D eigenvalue weighted by Gasteiger charge is -2.14. The van der Waals surface area contributed by atoms with Crippen molar-refractivity contribution in [3.63, 3.8) is 0 Å². The van der Waals surface area contributed by atoms with Crippen LogP contribution < -0.4 is 4.74 Å². The van der Waals surface area contributed by atoms with Gasteiger partial charge in [0.05, 0.1) is 12.2 Å². The largest absolute Gasteiger partial charge is 0.492 e. The van der Waals surface area contributed by atoms with Crippen LogP contribution in [-0.2, 0) is 0 Å². The molecule has 16 heavy (non-hydrogen) atoms. The third kappa shape index (κ3) is 2.74. The number of hydrogen-bond donors (Lipinski definition) is 1. The van der Waals surface area contributed by atoms with Gasteiger partial charge in [-0.1, -0.05) is 26.0 Å². The molecule has 1 aromatic carbocycles. The van der Waals surface area contributed by atoms with Crippen molar-refractivity contribution in [2.75, 3.05) is 13.2 Å². The van der Waals surface area contributed by atoms with Gasteiger partial charge in [0.2, 0.25) is 0 Å². The zero-order chi connectivity index (χ0) is 12.0. The van der Waals surface area contributed by atoms with Crippen LogP contribution in [0.2, 0.25) is 0 Å². The maximum atomic E-state index is 9.13. The Balaban J connectivity index is 3.06. The highest BCUT2D eigenvalue weighted by atomic mass is 16.5. The van der Waals surface area contributed by atoms with Gasteiger partial charge in [-0.25, -0.2) is 0 Å². The molecule has 1 atom stereocenters. The number of benzene rings is 1. The number of aliphatic hydroxyl groups excluding tert-OH is 1. The van der Waals surface area contributed by atoms with E-state index in [4.69, 9.17) is 15.1 Å². The summed E-state index contributed by atoms with van der Waals surface area (Å²) in [5, 5.41) is 18.3. The Hall–Kier alpha value is -1.53. The Morgan fingerprint density at radius 1 is 1.50 bits per heavy atom. The SMILES string of the molecule is CCCOc1cccc(C(C)CO)c1C#N. The summed E-state index contributed by atoms with van der Waals surface area (Å²) >= 11 is 0. The fraction of sp³-hybridized carbons (Fsp3) is 0.462. The van der Waals surface area contributed by atoms with Gasteiger partial charge in [-0.3, -0.25) is 0 Å². The number of hydrogen-bond acceptors (Lipinski definition) is 3. The van der Waals surface area contributed by atoms with E-state index >= 15 is 0 Å². The number of ether oxygens (including phenoxy) is 1. The molecule has 3 nitrogen and oxygen atoms in total. The van der Waals surface area contributed by atoms with Gasteiger partial charge in [-0.2, -0.15) is 5.26 Å². The van der Waals surface area contributed by atoms with Crippen LogP contribution >= 0.6 is 0 Å². The molecule has 0 saturated carbocycles. The average Bonchev–Trinajstić information content (AvgIpc) is 2.34. The second kappa shape index (κ2) is 6.14. The lowest BCUT2D eigenvalue weighted by molar-refractivity contribution is 0.272. The van der Waals surface area contributed by atoms with Crippen molar-refractivity contribution in [1.29, 1.82) is 5.26 Å². The minimum Gasteiger partial charge on any atom is -0.492 e. The third-order valence-electron chi connectivity index (χ3n) is 2.44. The summed E-state index contributed by atoms with van der Waals surface area (Å²) in [6.45, 7) is 4.55. The van der Waals surface area contributed by atoms with E-state index in [0.29, 0.717) is 17.9 Å². The Labute approximate surface area is 96.3 Å². The number of rotatable bonds is 5. The summed E-state index contributed by atoms with van der Waals surface area (Å²) in [5.41, 5.74) is 1.39. The van der Waals surface area contributed by atoms with Crippen molar-refractivity contribution >= 4 is 0 Å². The van der Waals surface area contributed by atoms with Crippen LogP contribution in [0.4, 0.5) is 0 Å². The molecule has 0 bridgehead atoms. The molecule has 0 fully saturated rings. The molecule has 1 aromatic rings. The molecule has 0 aliphatic rings. The number of nitriles is 1. The zero-order valence-corrected chi connectivity index (χ0v) is 9.73. The van der Waals surface area contributed by atoms with Crippen LogP contribution in [0.1, 0.15) is 37.3 Å². The van der Waals surface area contributed by atoms with Gasteiger partial charge in [0.15, 0.2) is 0 Å². The fourth-order valence-electron chi connectivity index (χ4n) is 1.51. The lowest BCUT2D eigenvalue weighted by Crippen LogP contribution is -2.04. The summed E-state index contributed by atoms with van der Waals surface area (Å²) in [6.07, 6.45) is 0.907. The number of nitrogens with zero attached hydrogens (tertiary/aromatic N) is 1. The van der Waals surface area contributed by atoms with E-state index in [1.807, 2.05) is 26.0 Å². The van der Waals surface area contributed by atoms with Crippen molar-refractivity contribution in [3.05, 3.63) is 29.3 Å². The first-order valence-electron chi connectivity index (χ1n) is 5.51. The highest BCUT2D eigenvalue weighted by molar-refractivity contribution is 5.50. The second-order valence-electron chi connectivity index (χ2n) is 3.76. The lowest BCUT2D eigenvalue weighted by atomic mass is 9.96. The summed E-state index contributed by atoms with van der Waals surface area (Å²) in [6, 6.07) is 7.66. The van der Waals surface area contributed by atoms with Crippen LogP contribution in [0.25, 0.3) is 0 Å². The molecule has 3 heteroatoms. The van der Waals surface area contributed by atoms with E-state index in [2.05, 4.69) is 6.07 Å². The van der Waals surface area contributed by atoms with Gasteiger partial charge >= 0.3 is 0 Å². The fourth-order valence-corrected chi connectivity index (χ4v) is 1.51. The average molecular weight is 219 g/mol. The van der Waals surface area contributed by atoms with Crippen molar-refractivity contribution in [3.8, 4) is 11.8 Å². The minimum absolute atomic E-state index is 0.0336. The van der Waals surface area contributed by atoms with E-state index in [0.717, 1.165) is 12.0 Å². The van der Waals surface area contributed by atoms with E-state index in [1.165, 1.54) is 0 Å². The maximum absolute atomic E-state index is 9.13. The van der Waals surface area contributed by atoms with Gasteiger partial charge in [-0.15, -0.1) is 0 Å². The van der Waals surface area contributed by atoms with Crippen LogP contribution in [0.15, 0.2) is 18.2 Å². The normalized spacial score (nSPS) is 11.9. The number of aliphatic hydroxyl groups is 1. The van der Waals surface area contributed by atoms with Gasteiger partial charge in [0, 0.05) is 12.5 Å². The van der Waals surface area contributed by atoms with E-state index in [1.54, 1.807) is 6.07 Å². The minimum atomic E-state index is -0.0418. The van der Waals surface area contributed by atoms with Gasteiger partial charge < -0.3 is 9.84 Å². The topological polar surface area (TPSA) is 53.2 Å². The van der Waals surface area contributed by atoms with Crippen molar-refractivity contribution in [2.45, 2.75) is 26.2 Å². The molecule has 0 spiro atoms. The standard InChI is InChI=1S/C13H17NO2/c1-3-7-16-13-6-4-5-11(10(2)9-15)12(13)8-14/h4-6,10,15H,3,7,9H2,1-2H3. The van der Waals surface area contributed by atoms with Crippen LogP contribution in [-0.4, -0.2) is 18.3 Å². The van der Waals surface area contributed by atoms with Gasteiger partial charge in [0.25, 0.3) is 0 Å². The van der Waals surface area contributed by atoms with E-state index < -0.39 is 0 Å². The smallest absolute Gasteiger partial charge is 0.137 e. The monoisotopic (exact) mass is 219 g/mol. The quantitative estimate of drug-likeness (QED) is 0.827. The summed E-state index contributed by atoms with van der Waals surface area (Å²) in [7, 11) is 0. The van der Waals surface area contributed by atoms with Crippen molar-refractivity contribution < 1.29 is 9.84 Å². The molecular weight excluding hydrogens is 202 g/mol. The predicted molar refractivity (Wildman–Crippen MR) is 62.4 cm³/mol. The Kier molecular flexibility index (Phi) is 4.81. The Morgan fingerprint density at radius 2 is 2.25 bits per heavy atom. The Morgan fingerprint density at radius 3 is 2.81 bits per heavy atom. The molecule has 0 aromatic heterocycles. The Bertz CT molecular complexity index is 382. The molecule has 0 heterocycles. The van der Waals surface area contributed by atoms with E-state index in [-0.39, 0.29) is 12.5 Å². The molecule has 1 N–H and O–H groups in total. The highest BCUT2D eigenvalue weighted by Crippen LogP contribution is 2.27. The third-order valence-corrected chi connectivity index (χ3v) is 2.44. The molecule has 0 saturated heterocycles. The first kappa shape index (κ1) is 12.5. The summed E-state index contributed by atoms with van der Waals surface area (Å²) in [4.78, 5) is 0. The predicted octanol–water partition coefficient (Wildman–Crippen LogP) is 2.44. The first-order chi connectivity index (χ1) is 7.74. The van der Waals surface area contributed by atoms with Crippen molar-refractivity contribution in [1.82, 2.24) is 0 Å². The summed E-state index contributed by atoms with van der Waals surface area (Å²) in [5.74, 6) is 0.571. The molecule has 86 valence electrons. The molecule has 0 aliphatic heterocycles. The van der Waals surface area contributed by atoms with Crippen LogP contribution in [0, 0.1) is 11.3 Å². The van der Waals surface area contributed by atoms with Gasteiger partial charge in [-0.05, 0) is 18.1 Å². The molecule has 1 unspecified atom stereocenters. The second-order valence-corrected chi connectivity index (χ2v) is 3.76. The molecular formula is C13H17NO2. The van der Waals surface area contributed by atoms with Gasteiger partial charge in [0.1, 0.15) is 11.8 Å². The molecule has 0 radical (unpaired) electrons. The highest BCUT2D eigenvalue weighted by Gasteiger charge is 2.13. The molecule has 0 amide bonds. The maximum Gasteiger partial charge on any atom is 0.137 e. The molecule has 0 aliphatic carbocycles. The van der Waals surface area contributed by atoms with Crippen molar-refractivity contribution in [2.24, 2.45) is 0 Å². The van der Waals surface area contributed by atoms with E-state index in [9.17, 15) is 0 Å². The molecule has 1 rings (SSSR count). The van der Waals surface area contributed by atoms with Crippen LogP contribution in [0.5, 0.6) is 5.75 Å². The zero-order valence-electron chi connectivity index (χ0n) is 9.73.